The highest BCUT2D eigenvalue weighted by molar-refractivity contribution is 5.94. The van der Waals surface area contributed by atoms with Crippen LogP contribution in [0.1, 0.15) is 32.0 Å². The van der Waals surface area contributed by atoms with Crippen LogP contribution in [0.3, 0.4) is 0 Å². The highest BCUT2D eigenvalue weighted by atomic mass is 15.1. The van der Waals surface area contributed by atoms with E-state index in [0.29, 0.717) is 0 Å². The van der Waals surface area contributed by atoms with Gasteiger partial charge in [-0.25, -0.2) is 0 Å². The minimum atomic E-state index is 1.04. The number of rotatable bonds is 6. The first-order valence-corrected chi connectivity index (χ1v) is 7.56. The van der Waals surface area contributed by atoms with Gasteiger partial charge in [0, 0.05) is 35.2 Å². The Morgan fingerprint density at radius 1 is 1.20 bits per heavy atom. The molecule has 1 heterocycles. The van der Waals surface area contributed by atoms with E-state index in [-0.39, 0.29) is 0 Å². The van der Waals surface area contributed by atoms with Crippen molar-refractivity contribution in [2.24, 2.45) is 0 Å². The van der Waals surface area contributed by atoms with Gasteiger partial charge in [0.05, 0.1) is 0 Å². The number of benzene rings is 1. The molecule has 0 fully saturated rings. The third-order valence-electron chi connectivity index (χ3n) is 4.19. The number of likely N-dealkylation sites (N-methyl/N-ethyl adjacent to an activating group) is 1. The van der Waals surface area contributed by atoms with Crippen molar-refractivity contribution < 1.29 is 0 Å². The Bertz CT molecular complexity index is 603. The van der Waals surface area contributed by atoms with Crippen LogP contribution < -0.4 is 0 Å². The molecule has 0 aliphatic heterocycles. The highest BCUT2D eigenvalue weighted by Gasteiger charge is 2.14. The molecule has 0 N–H and O–H groups in total. The first-order valence-electron chi connectivity index (χ1n) is 7.56. The summed E-state index contributed by atoms with van der Waals surface area (Å²) in [6.45, 7) is 17.3. The average Bonchev–Trinajstić information content (AvgIpc) is 2.72. The van der Waals surface area contributed by atoms with Crippen LogP contribution in [0.4, 0.5) is 0 Å². The molecule has 2 aromatic rings. The summed E-state index contributed by atoms with van der Waals surface area (Å²) < 4.78 is 2.44. The number of nitrogens with zero attached hydrogens (tertiary/aromatic N) is 2. The van der Waals surface area contributed by atoms with Gasteiger partial charge >= 0.3 is 0 Å². The van der Waals surface area contributed by atoms with Crippen LogP contribution in [-0.4, -0.2) is 29.1 Å². The second-order valence-corrected chi connectivity index (χ2v) is 5.44. The molecule has 20 heavy (non-hydrogen) atoms. The molecular formula is C18H26N2. The zero-order chi connectivity index (χ0) is 14.7. The van der Waals surface area contributed by atoms with E-state index in [0.717, 1.165) is 31.8 Å². The molecule has 0 spiro atoms. The van der Waals surface area contributed by atoms with E-state index in [2.05, 4.69) is 68.0 Å². The minimum Gasteiger partial charge on any atom is -0.343 e. The van der Waals surface area contributed by atoms with Crippen LogP contribution in [0.25, 0.3) is 16.5 Å². The quantitative estimate of drug-likeness (QED) is 0.758. The standard InChI is InChI=1S/C18H26N2/c1-6-19(7-2)12-13-20-15(5)18(14(3)4)16-10-8-9-11-17(16)20/h8-11H,3,6-7,12-13H2,1-2,4-5H3. The van der Waals surface area contributed by atoms with Crippen molar-refractivity contribution in [1.29, 1.82) is 0 Å². The molecule has 1 aromatic heterocycles. The number of para-hydroxylation sites is 1. The summed E-state index contributed by atoms with van der Waals surface area (Å²) in [4.78, 5) is 2.47. The van der Waals surface area contributed by atoms with E-state index < -0.39 is 0 Å². The van der Waals surface area contributed by atoms with Crippen LogP contribution in [-0.2, 0) is 6.54 Å². The van der Waals surface area contributed by atoms with Crippen molar-refractivity contribution in [3.63, 3.8) is 0 Å². The fourth-order valence-corrected chi connectivity index (χ4v) is 3.04. The Kier molecular flexibility index (Phi) is 4.66. The molecule has 0 saturated heterocycles. The first kappa shape index (κ1) is 14.9. The monoisotopic (exact) mass is 270 g/mol. The Labute approximate surface area is 122 Å². The van der Waals surface area contributed by atoms with Gasteiger partial charge in [0.1, 0.15) is 0 Å². The number of allylic oxidation sites excluding steroid dienone is 1. The number of aromatic nitrogens is 1. The molecule has 0 bridgehead atoms. The highest BCUT2D eigenvalue weighted by Crippen LogP contribution is 2.30. The van der Waals surface area contributed by atoms with Gasteiger partial charge in [0.25, 0.3) is 0 Å². The van der Waals surface area contributed by atoms with Crippen molar-refractivity contribution in [3.8, 4) is 0 Å². The van der Waals surface area contributed by atoms with E-state index >= 15 is 0 Å². The molecule has 108 valence electrons. The third kappa shape index (κ3) is 2.66. The molecule has 1 aromatic carbocycles. The summed E-state index contributed by atoms with van der Waals surface area (Å²) in [5, 5.41) is 1.33. The van der Waals surface area contributed by atoms with Gasteiger partial charge in [-0.05, 0) is 38.6 Å². The summed E-state index contributed by atoms with van der Waals surface area (Å²) >= 11 is 0. The van der Waals surface area contributed by atoms with Crippen LogP contribution in [0, 0.1) is 6.92 Å². The van der Waals surface area contributed by atoms with Crippen LogP contribution in [0.5, 0.6) is 0 Å². The Morgan fingerprint density at radius 2 is 1.85 bits per heavy atom. The SMILES string of the molecule is C=C(C)c1c(C)n(CCN(CC)CC)c2ccccc12. The molecule has 0 radical (unpaired) electrons. The lowest BCUT2D eigenvalue weighted by Crippen LogP contribution is -2.27. The molecule has 0 atom stereocenters. The smallest absolute Gasteiger partial charge is 0.0489 e. The third-order valence-corrected chi connectivity index (χ3v) is 4.19. The topological polar surface area (TPSA) is 8.17 Å². The van der Waals surface area contributed by atoms with Gasteiger partial charge in [-0.1, -0.05) is 38.6 Å². The maximum Gasteiger partial charge on any atom is 0.0489 e. The van der Waals surface area contributed by atoms with Crippen molar-refractivity contribution in [1.82, 2.24) is 9.47 Å². The van der Waals surface area contributed by atoms with Gasteiger partial charge in [0.2, 0.25) is 0 Å². The Hall–Kier alpha value is -1.54. The van der Waals surface area contributed by atoms with E-state index in [4.69, 9.17) is 0 Å². The number of fused-ring (bicyclic) bond motifs is 1. The zero-order valence-corrected chi connectivity index (χ0v) is 13.2. The van der Waals surface area contributed by atoms with Crippen LogP contribution in [0.2, 0.25) is 0 Å². The number of hydrogen-bond donors (Lipinski definition) is 0. The normalized spacial score (nSPS) is 11.4. The average molecular weight is 270 g/mol. The minimum absolute atomic E-state index is 1.04. The van der Waals surface area contributed by atoms with Crippen LogP contribution >= 0.6 is 0 Å². The largest absolute Gasteiger partial charge is 0.343 e. The molecule has 2 heteroatoms. The number of hydrogen-bond acceptors (Lipinski definition) is 1. The first-order chi connectivity index (χ1) is 9.60. The van der Waals surface area contributed by atoms with E-state index in [1.54, 1.807) is 0 Å². The lowest BCUT2D eigenvalue weighted by atomic mass is 10.1. The Morgan fingerprint density at radius 3 is 2.45 bits per heavy atom. The molecule has 0 unspecified atom stereocenters. The lowest BCUT2D eigenvalue weighted by Gasteiger charge is -2.19. The lowest BCUT2D eigenvalue weighted by molar-refractivity contribution is 0.291. The fraction of sp³-hybridized carbons (Fsp3) is 0.444. The van der Waals surface area contributed by atoms with Crippen molar-refractivity contribution in [2.45, 2.75) is 34.2 Å². The van der Waals surface area contributed by atoms with Gasteiger partial charge in [-0.15, -0.1) is 0 Å². The predicted molar refractivity (Wildman–Crippen MR) is 89.2 cm³/mol. The summed E-state index contributed by atoms with van der Waals surface area (Å²) in [6, 6.07) is 8.66. The predicted octanol–water partition coefficient (Wildman–Crippen LogP) is 4.32. The molecule has 0 amide bonds. The van der Waals surface area contributed by atoms with Crippen molar-refractivity contribution in [3.05, 3.63) is 42.1 Å². The molecule has 0 saturated carbocycles. The summed E-state index contributed by atoms with van der Waals surface area (Å²) in [5.41, 5.74) is 5.14. The molecule has 0 aliphatic carbocycles. The van der Waals surface area contributed by atoms with Gasteiger partial charge < -0.3 is 9.47 Å². The van der Waals surface area contributed by atoms with Gasteiger partial charge in [-0.3, -0.25) is 0 Å². The van der Waals surface area contributed by atoms with E-state index in [1.165, 1.54) is 22.2 Å². The Balaban J connectivity index is 2.42. The summed E-state index contributed by atoms with van der Waals surface area (Å²) in [5.74, 6) is 0. The fourth-order valence-electron chi connectivity index (χ4n) is 3.04. The maximum atomic E-state index is 4.15. The maximum absolute atomic E-state index is 4.15. The van der Waals surface area contributed by atoms with Crippen LogP contribution in [0.15, 0.2) is 30.8 Å². The molecule has 2 nitrogen and oxygen atoms in total. The van der Waals surface area contributed by atoms with Gasteiger partial charge in [0.15, 0.2) is 0 Å². The molecular weight excluding hydrogens is 244 g/mol. The second-order valence-electron chi connectivity index (χ2n) is 5.44. The zero-order valence-electron chi connectivity index (χ0n) is 13.2. The van der Waals surface area contributed by atoms with E-state index in [9.17, 15) is 0 Å². The van der Waals surface area contributed by atoms with Crippen molar-refractivity contribution >= 4 is 16.5 Å². The molecule has 0 aliphatic rings. The summed E-state index contributed by atoms with van der Waals surface area (Å²) in [6.07, 6.45) is 0. The molecule has 2 rings (SSSR count). The van der Waals surface area contributed by atoms with E-state index in [1.807, 2.05) is 0 Å². The second kappa shape index (κ2) is 6.27. The van der Waals surface area contributed by atoms with Crippen molar-refractivity contribution in [2.75, 3.05) is 19.6 Å². The summed E-state index contributed by atoms with van der Waals surface area (Å²) in [7, 11) is 0. The van der Waals surface area contributed by atoms with Gasteiger partial charge in [-0.2, -0.15) is 0 Å².